The van der Waals surface area contributed by atoms with Crippen LogP contribution in [0.25, 0.3) is 0 Å². The lowest BCUT2D eigenvalue weighted by Crippen LogP contribution is -2.35. The maximum absolute atomic E-state index is 13.5. The molecule has 2 aromatic carbocycles. The number of nitrogens with one attached hydrogen (secondary N) is 2. The summed E-state index contributed by atoms with van der Waals surface area (Å²) in [5.41, 5.74) is 0.815. The Hall–Kier alpha value is -3.80. The fourth-order valence-corrected chi connectivity index (χ4v) is 2.41. The van der Waals surface area contributed by atoms with E-state index < -0.39 is 35.2 Å². The van der Waals surface area contributed by atoms with E-state index in [4.69, 9.17) is 10.1 Å². The molecular formula is C18H12F2N4O3. The second-order valence-corrected chi connectivity index (χ2v) is 5.55. The number of halogens is 2. The minimum atomic E-state index is -1.19. The van der Waals surface area contributed by atoms with Crippen molar-refractivity contribution >= 4 is 23.3 Å². The first-order chi connectivity index (χ1) is 13.0. The number of urea groups is 1. The van der Waals surface area contributed by atoms with Gasteiger partial charge in [0.2, 0.25) is 6.10 Å². The average Bonchev–Trinajstić information content (AvgIpc) is 3.11. The van der Waals surface area contributed by atoms with E-state index in [1.54, 1.807) is 24.3 Å². The Morgan fingerprint density at radius 3 is 2.41 bits per heavy atom. The Bertz CT molecular complexity index is 947. The van der Waals surface area contributed by atoms with Crippen molar-refractivity contribution in [3.8, 4) is 6.07 Å². The largest absolute Gasteiger partial charge is 0.376 e. The molecule has 0 aromatic heterocycles. The summed E-state index contributed by atoms with van der Waals surface area (Å²) in [6.45, 7) is 0. The van der Waals surface area contributed by atoms with Crippen LogP contribution in [0.5, 0.6) is 0 Å². The Labute approximate surface area is 152 Å². The molecule has 0 saturated carbocycles. The number of benzene rings is 2. The molecule has 0 spiro atoms. The smallest absolute Gasteiger partial charge is 0.326 e. The van der Waals surface area contributed by atoms with Crippen LogP contribution in [0.2, 0.25) is 0 Å². The Morgan fingerprint density at radius 1 is 1.15 bits per heavy atom. The molecule has 1 aliphatic heterocycles. The van der Waals surface area contributed by atoms with E-state index in [9.17, 15) is 18.4 Å². The number of amides is 3. The summed E-state index contributed by atoms with van der Waals surface area (Å²) in [5, 5.41) is 16.8. The molecule has 1 atom stereocenters. The van der Waals surface area contributed by atoms with Gasteiger partial charge in [0.1, 0.15) is 23.3 Å². The molecule has 27 heavy (non-hydrogen) atoms. The number of hydrogen-bond donors (Lipinski definition) is 2. The third-order valence-corrected chi connectivity index (χ3v) is 3.71. The Kier molecular flexibility index (Phi) is 5.08. The predicted molar refractivity (Wildman–Crippen MR) is 90.9 cm³/mol. The van der Waals surface area contributed by atoms with Crippen molar-refractivity contribution in [1.29, 1.82) is 5.26 Å². The van der Waals surface area contributed by atoms with E-state index in [-0.39, 0.29) is 0 Å². The zero-order chi connectivity index (χ0) is 19.4. The van der Waals surface area contributed by atoms with Crippen LogP contribution in [0.3, 0.4) is 0 Å². The lowest BCUT2D eigenvalue weighted by Gasteiger charge is -2.08. The molecule has 1 heterocycles. The maximum atomic E-state index is 13.5. The highest BCUT2D eigenvalue weighted by molar-refractivity contribution is 6.08. The Balaban J connectivity index is 1.62. The lowest BCUT2D eigenvalue weighted by atomic mass is 10.1. The standard InChI is InChI=1S/C18H12F2N4O3/c19-13-2-1-3-14(20)16(13)17(25)23-18(26)22-11-6-4-10(5-7-11)15-8-12(9-21)27-24-15/h1-7,12H,8H2,(H2,22,23,25,26). The van der Waals surface area contributed by atoms with Crippen LogP contribution >= 0.6 is 0 Å². The molecule has 1 aliphatic rings. The van der Waals surface area contributed by atoms with Crippen molar-refractivity contribution in [1.82, 2.24) is 5.32 Å². The summed E-state index contributed by atoms with van der Waals surface area (Å²) in [6.07, 6.45) is -0.264. The molecule has 0 fully saturated rings. The van der Waals surface area contributed by atoms with E-state index in [0.29, 0.717) is 23.4 Å². The van der Waals surface area contributed by atoms with E-state index in [1.807, 2.05) is 11.4 Å². The highest BCUT2D eigenvalue weighted by atomic mass is 19.1. The van der Waals surface area contributed by atoms with Crippen LogP contribution in [0, 0.1) is 23.0 Å². The number of rotatable bonds is 3. The molecule has 9 heteroatoms. The average molecular weight is 370 g/mol. The lowest BCUT2D eigenvalue weighted by molar-refractivity contribution is 0.0959. The molecule has 2 aromatic rings. The van der Waals surface area contributed by atoms with Crippen LogP contribution in [-0.4, -0.2) is 23.8 Å². The zero-order valence-corrected chi connectivity index (χ0v) is 13.7. The van der Waals surface area contributed by atoms with E-state index in [2.05, 4.69) is 10.5 Å². The monoisotopic (exact) mass is 370 g/mol. The van der Waals surface area contributed by atoms with E-state index >= 15 is 0 Å². The minimum Gasteiger partial charge on any atom is -0.376 e. The summed E-state index contributed by atoms with van der Waals surface area (Å²) in [5.74, 6) is -3.33. The van der Waals surface area contributed by atoms with Gasteiger partial charge in [0.05, 0.1) is 5.71 Å². The number of hydrogen-bond acceptors (Lipinski definition) is 5. The van der Waals surface area contributed by atoms with Crippen LogP contribution < -0.4 is 10.6 Å². The number of carbonyl (C=O) groups is 2. The first-order valence-electron chi connectivity index (χ1n) is 7.77. The van der Waals surface area contributed by atoms with Crippen molar-refractivity contribution in [2.75, 3.05) is 5.32 Å². The quantitative estimate of drug-likeness (QED) is 0.867. The van der Waals surface area contributed by atoms with Gasteiger partial charge in [-0.3, -0.25) is 10.1 Å². The molecular weight excluding hydrogens is 358 g/mol. The highest BCUT2D eigenvalue weighted by Crippen LogP contribution is 2.18. The molecule has 0 radical (unpaired) electrons. The first-order valence-corrected chi connectivity index (χ1v) is 7.77. The summed E-state index contributed by atoms with van der Waals surface area (Å²) in [4.78, 5) is 28.7. The summed E-state index contributed by atoms with van der Waals surface area (Å²) >= 11 is 0. The van der Waals surface area contributed by atoms with Gasteiger partial charge in [-0.1, -0.05) is 23.4 Å². The number of oxime groups is 1. The molecule has 0 bridgehead atoms. The summed E-state index contributed by atoms with van der Waals surface area (Å²) in [6, 6.07) is 10.3. The van der Waals surface area contributed by atoms with Crippen molar-refractivity contribution < 1.29 is 23.2 Å². The maximum Gasteiger partial charge on any atom is 0.326 e. The minimum absolute atomic E-state index is 0.342. The van der Waals surface area contributed by atoms with Gasteiger partial charge in [0.15, 0.2) is 0 Å². The SMILES string of the molecule is N#CC1CC(c2ccc(NC(=O)NC(=O)c3c(F)cccc3F)cc2)=NO1. The molecule has 136 valence electrons. The van der Waals surface area contributed by atoms with Crippen molar-refractivity contribution in [3.05, 3.63) is 65.2 Å². The number of nitrogens with zero attached hydrogens (tertiary/aromatic N) is 2. The van der Waals surface area contributed by atoms with Gasteiger partial charge in [0.25, 0.3) is 5.91 Å². The van der Waals surface area contributed by atoms with Gasteiger partial charge in [-0.25, -0.2) is 13.6 Å². The molecule has 1 unspecified atom stereocenters. The van der Waals surface area contributed by atoms with Crippen LogP contribution in [0.4, 0.5) is 19.3 Å². The van der Waals surface area contributed by atoms with Gasteiger partial charge in [-0.2, -0.15) is 5.26 Å². The van der Waals surface area contributed by atoms with Gasteiger partial charge in [-0.05, 0) is 29.8 Å². The van der Waals surface area contributed by atoms with Gasteiger partial charge < -0.3 is 10.2 Å². The highest BCUT2D eigenvalue weighted by Gasteiger charge is 2.22. The first kappa shape index (κ1) is 18.0. The molecule has 0 saturated heterocycles. The molecule has 3 rings (SSSR count). The molecule has 7 nitrogen and oxygen atoms in total. The normalized spacial score (nSPS) is 15.3. The third-order valence-electron chi connectivity index (χ3n) is 3.71. The van der Waals surface area contributed by atoms with Crippen molar-refractivity contribution in [2.24, 2.45) is 5.16 Å². The number of imide groups is 1. The van der Waals surface area contributed by atoms with Crippen molar-refractivity contribution in [3.63, 3.8) is 0 Å². The Morgan fingerprint density at radius 2 is 1.81 bits per heavy atom. The van der Waals surface area contributed by atoms with Crippen molar-refractivity contribution in [2.45, 2.75) is 12.5 Å². The summed E-state index contributed by atoms with van der Waals surface area (Å²) < 4.78 is 27.1. The molecule has 3 amide bonds. The predicted octanol–water partition coefficient (Wildman–Crippen LogP) is 2.94. The topological polar surface area (TPSA) is 104 Å². The third kappa shape index (κ3) is 4.07. The van der Waals surface area contributed by atoms with Gasteiger partial charge in [0, 0.05) is 12.1 Å². The number of carbonyl (C=O) groups excluding carboxylic acids is 2. The fraction of sp³-hybridized carbons (Fsp3) is 0.111. The second kappa shape index (κ2) is 7.61. The van der Waals surface area contributed by atoms with Gasteiger partial charge in [-0.15, -0.1) is 0 Å². The second-order valence-electron chi connectivity index (χ2n) is 5.55. The van der Waals surface area contributed by atoms with E-state index in [0.717, 1.165) is 18.2 Å². The van der Waals surface area contributed by atoms with Crippen LogP contribution in [-0.2, 0) is 4.84 Å². The number of anilines is 1. The van der Waals surface area contributed by atoms with Crippen LogP contribution in [0.1, 0.15) is 22.3 Å². The summed E-state index contributed by atoms with van der Waals surface area (Å²) in [7, 11) is 0. The van der Waals surface area contributed by atoms with Gasteiger partial charge >= 0.3 is 6.03 Å². The zero-order valence-electron chi connectivity index (χ0n) is 13.7. The molecule has 2 N–H and O–H groups in total. The van der Waals surface area contributed by atoms with Crippen LogP contribution in [0.15, 0.2) is 47.6 Å². The molecule has 0 aliphatic carbocycles. The van der Waals surface area contributed by atoms with E-state index in [1.165, 1.54) is 0 Å². The fourth-order valence-electron chi connectivity index (χ4n) is 2.41. The number of nitriles is 1.